The maximum atomic E-state index is 12.7. The van der Waals surface area contributed by atoms with Crippen molar-refractivity contribution in [3.8, 4) is 0 Å². The molecule has 0 saturated heterocycles. The van der Waals surface area contributed by atoms with Crippen molar-refractivity contribution in [3.63, 3.8) is 0 Å². The van der Waals surface area contributed by atoms with Gasteiger partial charge in [-0.15, -0.1) is 0 Å². The van der Waals surface area contributed by atoms with Crippen LogP contribution in [0.4, 0.5) is 13.2 Å². The lowest BCUT2D eigenvalue weighted by Crippen LogP contribution is -2.39. The van der Waals surface area contributed by atoms with E-state index in [4.69, 9.17) is 12.2 Å². The molecule has 0 aromatic heterocycles. The molecule has 0 saturated carbocycles. The van der Waals surface area contributed by atoms with E-state index in [9.17, 15) is 13.2 Å². The molecule has 6 heteroatoms. The van der Waals surface area contributed by atoms with Gasteiger partial charge < -0.3 is 10.6 Å². The molecule has 2 nitrogen and oxygen atoms in total. The zero-order valence-electron chi connectivity index (χ0n) is 10.1. The predicted molar refractivity (Wildman–Crippen MR) is 69.2 cm³/mol. The molecule has 0 radical (unpaired) electrons. The SMILES string of the molecule is CC(C)NC(=S)NCc1ccccc1C(F)(F)F. The zero-order valence-corrected chi connectivity index (χ0v) is 11.0. The van der Waals surface area contributed by atoms with Crippen LogP contribution in [0.2, 0.25) is 0 Å². The van der Waals surface area contributed by atoms with Gasteiger partial charge in [-0.05, 0) is 37.7 Å². The van der Waals surface area contributed by atoms with Gasteiger partial charge in [0, 0.05) is 12.6 Å². The van der Waals surface area contributed by atoms with Crippen molar-refractivity contribution in [3.05, 3.63) is 35.4 Å². The first-order chi connectivity index (χ1) is 8.30. The molecule has 100 valence electrons. The fraction of sp³-hybridized carbons (Fsp3) is 0.417. The fourth-order valence-electron chi connectivity index (χ4n) is 1.44. The molecule has 0 atom stereocenters. The first kappa shape index (κ1) is 14.8. The molecule has 0 fully saturated rings. The Morgan fingerprint density at radius 1 is 1.28 bits per heavy atom. The van der Waals surface area contributed by atoms with Crippen molar-refractivity contribution in [1.82, 2.24) is 10.6 Å². The van der Waals surface area contributed by atoms with Gasteiger partial charge in [-0.25, -0.2) is 0 Å². The highest BCUT2D eigenvalue weighted by Gasteiger charge is 2.32. The molecule has 0 amide bonds. The minimum absolute atomic E-state index is 0.0498. The van der Waals surface area contributed by atoms with Gasteiger partial charge in [-0.2, -0.15) is 13.2 Å². The van der Waals surface area contributed by atoms with E-state index >= 15 is 0 Å². The largest absolute Gasteiger partial charge is 0.416 e. The van der Waals surface area contributed by atoms with Crippen LogP contribution in [-0.2, 0) is 12.7 Å². The normalized spacial score (nSPS) is 11.4. The molecule has 0 unspecified atom stereocenters. The lowest BCUT2D eigenvalue weighted by molar-refractivity contribution is -0.138. The monoisotopic (exact) mass is 276 g/mol. The summed E-state index contributed by atoms with van der Waals surface area (Å²) in [5.41, 5.74) is -0.456. The van der Waals surface area contributed by atoms with Crippen LogP contribution in [0, 0.1) is 0 Å². The zero-order chi connectivity index (χ0) is 13.8. The fourth-order valence-corrected chi connectivity index (χ4v) is 1.75. The Morgan fingerprint density at radius 2 is 1.89 bits per heavy atom. The third kappa shape index (κ3) is 4.52. The van der Waals surface area contributed by atoms with Crippen molar-refractivity contribution in [2.75, 3.05) is 0 Å². The molecule has 1 rings (SSSR count). The lowest BCUT2D eigenvalue weighted by Gasteiger charge is -2.16. The smallest absolute Gasteiger partial charge is 0.361 e. The number of benzene rings is 1. The summed E-state index contributed by atoms with van der Waals surface area (Å²) in [6, 6.07) is 5.59. The Bertz CT molecular complexity index is 416. The Kier molecular flexibility index (Phi) is 4.95. The lowest BCUT2D eigenvalue weighted by atomic mass is 10.1. The second-order valence-electron chi connectivity index (χ2n) is 4.14. The van der Waals surface area contributed by atoms with E-state index < -0.39 is 11.7 Å². The number of alkyl halides is 3. The van der Waals surface area contributed by atoms with Gasteiger partial charge in [0.25, 0.3) is 0 Å². The molecule has 1 aromatic carbocycles. The Morgan fingerprint density at radius 3 is 2.44 bits per heavy atom. The maximum Gasteiger partial charge on any atom is 0.416 e. The first-order valence-electron chi connectivity index (χ1n) is 5.50. The average molecular weight is 276 g/mol. The van der Waals surface area contributed by atoms with E-state index in [1.165, 1.54) is 12.1 Å². The Hall–Kier alpha value is -1.30. The molecule has 18 heavy (non-hydrogen) atoms. The highest BCUT2D eigenvalue weighted by Crippen LogP contribution is 2.31. The van der Waals surface area contributed by atoms with Crippen molar-refractivity contribution in [1.29, 1.82) is 0 Å². The number of nitrogens with one attached hydrogen (secondary N) is 2. The summed E-state index contributed by atoms with van der Waals surface area (Å²) in [6.45, 7) is 3.85. The third-order valence-corrected chi connectivity index (χ3v) is 2.44. The molecule has 0 heterocycles. The van der Waals surface area contributed by atoms with Crippen LogP contribution in [0.25, 0.3) is 0 Å². The highest BCUT2D eigenvalue weighted by atomic mass is 32.1. The highest BCUT2D eigenvalue weighted by molar-refractivity contribution is 7.80. The quantitative estimate of drug-likeness (QED) is 0.830. The van der Waals surface area contributed by atoms with Gasteiger partial charge in [-0.1, -0.05) is 18.2 Å². The molecule has 2 N–H and O–H groups in total. The molecule has 0 aliphatic rings. The molecular formula is C12H15F3N2S. The molecule has 0 aliphatic heterocycles. The van der Waals surface area contributed by atoms with Crippen LogP contribution in [0.3, 0.4) is 0 Å². The summed E-state index contributed by atoms with van der Waals surface area (Å²) in [5.74, 6) is 0. The van der Waals surface area contributed by atoms with Crippen LogP contribution >= 0.6 is 12.2 Å². The van der Waals surface area contributed by atoms with Crippen LogP contribution in [0.15, 0.2) is 24.3 Å². The van der Waals surface area contributed by atoms with E-state index in [1.54, 1.807) is 6.07 Å². The number of halogens is 3. The van der Waals surface area contributed by atoms with Crippen LogP contribution in [0.5, 0.6) is 0 Å². The topological polar surface area (TPSA) is 24.1 Å². The maximum absolute atomic E-state index is 12.7. The van der Waals surface area contributed by atoms with Crippen molar-refractivity contribution < 1.29 is 13.2 Å². The van der Waals surface area contributed by atoms with E-state index in [0.717, 1.165) is 6.07 Å². The molecular weight excluding hydrogens is 261 g/mol. The van der Waals surface area contributed by atoms with E-state index in [1.807, 2.05) is 13.8 Å². The predicted octanol–water partition coefficient (Wildman–Crippen LogP) is 3.08. The number of hydrogen-bond acceptors (Lipinski definition) is 1. The number of thiocarbonyl (C=S) groups is 1. The van der Waals surface area contributed by atoms with Gasteiger partial charge in [0.15, 0.2) is 5.11 Å². The summed E-state index contributed by atoms with van der Waals surface area (Å²) in [7, 11) is 0. The van der Waals surface area contributed by atoms with Crippen LogP contribution < -0.4 is 10.6 Å². The minimum atomic E-state index is -4.34. The van der Waals surface area contributed by atoms with Crippen molar-refractivity contribution in [2.24, 2.45) is 0 Å². The molecule has 1 aromatic rings. The summed E-state index contributed by atoms with van der Waals surface area (Å²) >= 11 is 4.96. The minimum Gasteiger partial charge on any atom is -0.361 e. The summed E-state index contributed by atoms with van der Waals surface area (Å²) < 4.78 is 38.1. The van der Waals surface area contributed by atoms with E-state index in [2.05, 4.69) is 10.6 Å². The second-order valence-corrected chi connectivity index (χ2v) is 4.54. The van der Waals surface area contributed by atoms with Crippen LogP contribution in [0.1, 0.15) is 25.0 Å². The van der Waals surface area contributed by atoms with Crippen molar-refractivity contribution in [2.45, 2.75) is 32.6 Å². The van der Waals surface area contributed by atoms with Gasteiger partial charge in [0.2, 0.25) is 0 Å². The van der Waals surface area contributed by atoms with E-state index in [0.29, 0.717) is 5.11 Å². The van der Waals surface area contributed by atoms with Crippen LogP contribution in [-0.4, -0.2) is 11.2 Å². The van der Waals surface area contributed by atoms with Gasteiger partial charge in [0.1, 0.15) is 0 Å². The number of hydrogen-bond donors (Lipinski definition) is 2. The second kappa shape index (κ2) is 6.04. The molecule has 0 aliphatic carbocycles. The van der Waals surface area contributed by atoms with E-state index in [-0.39, 0.29) is 18.2 Å². The Labute approximate surface area is 110 Å². The van der Waals surface area contributed by atoms with Gasteiger partial charge >= 0.3 is 6.18 Å². The average Bonchev–Trinajstić information content (AvgIpc) is 2.24. The Balaban J connectivity index is 2.71. The van der Waals surface area contributed by atoms with Gasteiger partial charge in [0.05, 0.1) is 5.56 Å². The summed E-state index contributed by atoms with van der Waals surface area (Å²) in [6.07, 6.45) is -4.34. The summed E-state index contributed by atoms with van der Waals surface area (Å²) in [4.78, 5) is 0. The third-order valence-electron chi connectivity index (χ3n) is 2.18. The van der Waals surface area contributed by atoms with Gasteiger partial charge in [-0.3, -0.25) is 0 Å². The molecule has 0 spiro atoms. The first-order valence-corrected chi connectivity index (χ1v) is 5.91. The number of rotatable bonds is 3. The standard InChI is InChI=1S/C12H15F3N2S/c1-8(2)17-11(18)16-7-9-5-3-4-6-10(9)12(13,14)15/h3-6,8H,7H2,1-2H3,(H2,16,17,18). The molecule has 0 bridgehead atoms. The van der Waals surface area contributed by atoms with Crippen molar-refractivity contribution >= 4 is 17.3 Å². The summed E-state index contributed by atoms with van der Waals surface area (Å²) in [5, 5.41) is 6.02.